The molecule has 2 heteroatoms. The molecular formula is C13H20O2. The number of rotatable bonds is 2. The maximum Gasteiger partial charge on any atom is 0.300 e. The molecule has 0 saturated heterocycles. The van der Waals surface area contributed by atoms with Crippen molar-refractivity contribution in [3.05, 3.63) is 34.9 Å². The van der Waals surface area contributed by atoms with Gasteiger partial charge in [0.2, 0.25) is 0 Å². The first-order valence-corrected chi connectivity index (χ1v) is 5.23. The van der Waals surface area contributed by atoms with E-state index in [-0.39, 0.29) is 0 Å². The molecule has 0 aromatic heterocycles. The van der Waals surface area contributed by atoms with Crippen molar-refractivity contribution in [2.24, 2.45) is 0 Å². The van der Waals surface area contributed by atoms with Gasteiger partial charge in [0.15, 0.2) is 0 Å². The first kappa shape index (κ1) is 13.7. The van der Waals surface area contributed by atoms with Gasteiger partial charge in [-0.1, -0.05) is 31.5 Å². The maximum absolute atomic E-state index is 9.00. The van der Waals surface area contributed by atoms with Gasteiger partial charge in [0.05, 0.1) is 0 Å². The van der Waals surface area contributed by atoms with Crippen molar-refractivity contribution in [2.45, 2.75) is 40.5 Å². The summed E-state index contributed by atoms with van der Waals surface area (Å²) in [7, 11) is 0. The van der Waals surface area contributed by atoms with Crippen LogP contribution in [0.25, 0.3) is 0 Å². The third kappa shape index (κ3) is 5.89. The van der Waals surface area contributed by atoms with Crippen LogP contribution in [0.3, 0.4) is 0 Å². The van der Waals surface area contributed by atoms with E-state index in [1.54, 1.807) is 0 Å². The lowest BCUT2D eigenvalue weighted by Gasteiger charge is -2.05. The van der Waals surface area contributed by atoms with Gasteiger partial charge < -0.3 is 5.11 Å². The third-order valence-electron chi connectivity index (χ3n) is 2.24. The lowest BCUT2D eigenvalue weighted by molar-refractivity contribution is -0.134. The Balaban J connectivity index is 0.000000423. The van der Waals surface area contributed by atoms with E-state index in [1.807, 2.05) is 0 Å². The molecule has 84 valence electrons. The minimum atomic E-state index is -0.833. The van der Waals surface area contributed by atoms with Crippen molar-refractivity contribution in [3.63, 3.8) is 0 Å². The second-order valence-electron chi connectivity index (χ2n) is 3.63. The highest BCUT2D eigenvalue weighted by Gasteiger charge is 1.97. The van der Waals surface area contributed by atoms with Crippen LogP contribution < -0.4 is 0 Å². The van der Waals surface area contributed by atoms with Crippen molar-refractivity contribution in [1.29, 1.82) is 0 Å². The largest absolute Gasteiger partial charge is 0.481 e. The number of carboxylic acids is 1. The van der Waals surface area contributed by atoms with Gasteiger partial charge in [0.1, 0.15) is 0 Å². The zero-order chi connectivity index (χ0) is 11.8. The van der Waals surface area contributed by atoms with Gasteiger partial charge in [-0.3, -0.25) is 4.79 Å². The first-order chi connectivity index (χ1) is 6.99. The summed E-state index contributed by atoms with van der Waals surface area (Å²) in [5.74, 6) is -0.833. The van der Waals surface area contributed by atoms with E-state index in [9.17, 15) is 0 Å². The number of benzene rings is 1. The molecule has 15 heavy (non-hydrogen) atoms. The van der Waals surface area contributed by atoms with Crippen LogP contribution in [0.2, 0.25) is 0 Å². The van der Waals surface area contributed by atoms with Gasteiger partial charge in [-0.15, -0.1) is 0 Å². The van der Waals surface area contributed by atoms with Crippen molar-refractivity contribution in [1.82, 2.24) is 0 Å². The quantitative estimate of drug-likeness (QED) is 0.809. The summed E-state index contributed by atoms with van der Waals surface area (Å²) < 4.78 is 0. The molecule has 0 saturated carbocycles. The summed E-state index contributed by atoms with van der Waals surface area (Å²) in [6.45, 7) is 7.69. The third-order valence-corrected chi connectivity index (χ3v) is 2.24. The van der Waals surface area contributed by atoms with Crippen LogP contribution in [-0.4, -0.2) is 11.1 Å². The van der Waals surface area contributed by atoms with Crippen LogP contribution >= 0.6 is 0 Å². The number of carboxylic acid groups (broad SMARTS) is 1. The molecule has 0 unspecified atom stereocenters. The van der Waals surface area contributed by atoms with Crippen molar-refractivity contribution in [3.8, 4) is 0 Å². The summed E-state index contributed by atoms with van der Waals surface area (Å²) >= 11 is 0. The Morgan fingerprint density at radius 1 is 1.33 bits per heavy atom. The van der Waals surface area contributed by atoms with Crippen LogP contribution in [0, 0.1) is 13.8 Å². The van der Waals surface area contributed by atoms with Crippen molar-refractivity contribution in [2.75, 3.05) is 0 Å². The van der Waals surface area contributed by atoms with Crippen LogP contribution in [-0.2, 0) is 11.2 Å². The van der Waals surface area contributed by atoms with Crippen molar-refractivity contribution >= 4 is 5.97 Å². The SMILES string of the molecule is CC(=O)O.CCCc1cccc(C)c1C. The second kappa shape index (κ2) is 7.04. The fourth-order valence-corrected chi connectivity index (χ4v) is 1.35. The van der Waals surface area contributed by atoms with Gasteiger partial charge >= 0.3 is 0 Å². The summed E-state index contributed by atoms with van der Waals surface area (Å²) in [4.78, 5) is 9.00. The Hall–Kier alpha value is -1.31. The fraction of sp³-hybridized carbons (Fsp3) is 0.462. The Kier molecular flexibility index (Phi) is 6.43. The molecule has 0 fully saturated rings. The summed E-state index contributed by atoms with van der Waals surface area (Å²) in [6.07, 6.45) is 2.46. The van der Waals surface area contributed by atoms with Crippen LogP contribution in [0.15, 0.2) is 18.2 Å². The topological polar surface area (TPSA) is 37.3 Å². The molecule has 1 aromatic rings. The average molecular weight is 208 g/mol. The Labute approximate surface area is 91.9 Å². The maximum atomic E-state index is 9.00. The molecule has 1 N–H and O–H groups in total. The fourth-order valence-electron chi connectivity index (χ4n) is 1.35. The molecule has 0 aliphatic rings. The van der Waals surface area contributed by atoms with Crippen molar-refractivity contribution < 1.29 is 9.90 Å². The van der Waals surface area contributed by atoms with E-state index in [4.69, 9.17) is 9.90 Å². The molecule has 0 spiro atoms. The minimum absolute atomic E-state index is 0.833. The monoisotopic (exact) mass is 208 g/mol. The zero-order valence-corrected chi connectivity index (χ0v) is 10.0. The molecule has 0 atom stereocenters. The summed E-state index contributed by atoms with van der Waals surface area (Å²) in [5, 5.41) is 7.42. The van der Waals surface area contributed by atoms with Gasteiger partial charge in [-0.05, 0) is 37.0 Å². The highest BCUT2D eigenvalue weighted by molar-refractivity contribution is 5.62. The molecule has 2 nitrogen and oxygen atoms in total. The molecule has 0 radical (unpaired) electrons. The predicted octanol–water partition coefficient (Wildman–Crippen LogP) is 3.35. The van der Waals surface area contributed by atoms with Crippen LogP contribution in [0.1, 0.15) is 37.0 Å². The normalized spacial score (nSPS) is 9.07. The highest BCUT2D eigenvalue weighted by Crippen LogP contribution is 2.13. The van der Waals surface area contributed by atoms with E-state index in [2.05, 4.69) is 39.0 Å². The van der Waals surface area contributed by atoms with Gasteiger partial charge in [-0.2, -0.15) is 0 Å². The molecule has 0 aliphatic heterocycles. The van der Waals surface area contributed by atoms with Crippen LogP contribution in [0.4, 0.5) is 0 Å². The molecule has 0 aliphatic carbocycles. The van der Waals surface area contributed by atoms with E-state index >= 15 is 0 Å². The molecule has 0 amide bonds. The Morgan fingerprint density at radius 2 is 1.87 bits per heavy atom. The summed E-state index contributed by atoms with van der Waals surface area (Å²) in [5.41, 5.74) is 4.39. The van der Waals surface area contributed by atoms with E-state index in [1.165, 1.54) is 29.5 Å². The smallest absolute Gasteiger partial charge is 0.300 e. The van der Waals surface area contributed by atoms with E-state index in [0.717, 1.165) is 6.92 Å². The van der Waals surface area contributed by atoms with Gasteiger partial charge in [-0.25, -0.2) is 0 Å². The lowest BCUT2D eigenvalue weighted by Crippen LogP contribution is -1.90. The summed E-state index contributed by atoms with van der Waals surface area (Å²) in [6, 6.07) is 6.55. The first-order valence-electron chi connectivity index (χ1n) is 5.23. The Morgan fingerprint density at radius 3 is 2.33 bits per heavy atom. The average Bonchev–Trinajstić information content (AvgIpc) is 2.12. The number of hydrogen-bond acceptors (Lipinski definition) is 1. The van der Waals surface area contributed by atoms with Gasteiger partial charge in [0, 0.05) is 6.92 Å². The Bertz CT molecular complexity index is 312. The van der Waals surface area contributed by atoms with E-state index < -0.39 is 5.97 Å². The number of aliphatic carboxylic acids is 1. The van der Waals surface area contributed by atoms with E-state index in [0.29, 0.717) is 0 Å². The standard InChI is InChI=1S/C11H16.C2H4O2/c1-4-6-11-8-5-7-9(2)10(11)3;1-2(3)4/h5,7-8H,4,6H2,1-3H3;1H3,(H,3,4). The molecule has 1 aromatic carbocycles. The molecule has 1 rings (SSSR count). The number of hydrogen-bond donors (Lipinski definition) is 1. The lowest BCUT2D eigenvalue weighted by atomic mass is 10.0. The highest BCUT2D eigenvalue weighted by atomic mass is 16.4. The predicted molar refractivity (Wildman–Crippen MR) is 63.2 cm³/mol. The zero-order valence-electron chi connectivity index (χ0n) is 10.0. The minimum Gasteiger partial charge on any atom is -0.481 e. The number of carbonyl (C=O) groups is 1. The van der Waals surface area contributed by atoms with Gasteiger partial charge in [0.25, 0.3) is 5.97 Å². The molecule has 0 heterocycles. The second-order valence-corrected chi connectivity index (χ2v) is 3.63. The number of aryl methyl sites for hydroxylation is 2. The molecule has 0 bridgehead atoms. The van der Waals surface area contributed by atoms with Crippen LogP contribution in [0.5, 0.6) is 0 Å². The molecular weight excluding hydrogens is 188 g/mol.